The molecule has 152 valence electrons. The van der Waals surface area contributed by atoms with Crippen LogP contribution in [0.15, 0.2) is 65.6 Å². The summed E-state index contributed by atoms with van der Waals surface area (Å²) >= 11 is 0. The van der Waals surface area contributed by atoms with Crippen LogP contribution in [0.25, 0.3) is 10.8 Å². The van der Waals surface area contributed by atoms with Crippen LogP contribution in [-0.4, -0.2) is 28.5 Å². The lowest BCUT2D eigenvalue weighted by atomic mass is 10.1. The minimum Gasteiger partial charge on any atom is -0.497 e. The van der Waals surface area contributed by atoms with E-state index < -0.39 is 10.0 Å². The number of hydrogen-bond acceptors (Lipinski definition) is 4. The van der Waals surface area contributed by atoms with Gasteiger partial charge >= 0.3 is 0 Å². The van der Waals surface area contributed by atoms with Crippen molar-refractivity contribution in [3.63, 3.8) is 0 Å². The fraction of sp³-hybridized carbons (Fsp3) is 0.227. The molecule has 0 aliphatic heterocycles. The second kappa shape index (κ2) is 9.07. The highest BCUT2D eigenvalue weighted by Gasteiger charge is 2.11. The quantitative estimate of drug-likeness (QED) is 0.596. The van der Waals surface area contributed by atoms with Crippen molar-refractivity contribution in [2.45, 2.75) is 24.3 Å². The van der Waals surface area contributed by atoms with Gasteiger partial charge in [-0.3, -0.25) is 4.79 Å². The molecular weight excluding hydrogens is 388 g/mol. The third kappa shape index (κ3) is 5.34. The standard InChI is InChI=1S/C22H24N2O4S/c1-23-29(26,27)21-10-4-16(5-11-21)6-12-22(25)24-15-17-3-7-19-14-20(28-2)9-8-18(19)13-17/h3-5,7-11,13-14,23H,6,12,15H2,1-2H3,(H,24,25). The van der Waals surface area contributed by atoms with E-state index in [1.807, 2.05) is 30.3 Å². The summed E-state index contributed by atoms with van der Waals surface area (Å²) in [6.07, 6.45) is 0.881. The monoisotopic (exact) mass is 412 g/mol. The van der Waals surface area contributed by atoms with E-state index in [2.05, 4.69) is 16.1 Å². The summed E-state index contributed by atoms with van der Waals surface area (Å²) in [5, 5.41) is 5.11. The number of carbonyl (C=O) groups excluding carboxylic acids is 1. The second-order valence-corrected chi connectivity index (χ2v) is 8.56. The summed E-state index contributed by atoms with van der Waals surface area (Å²) in [5.41, 5.74) is 1.94. The zero-order valence-electron chi connectivity index (χ0n) is 16.4. The molecule has 0 radical (unpaired) electrons. The van der Waals surface area contributed by atoms with Crippen LogP contribution < -0.4 is 14.8 Å². The van der Waals surface area contributed by atoms with Gasteiger partial charge in [0, 0.05) is 13.0 Å². The van der Waals surface area contributed by atoms with Gasteiger partial charge in [0.25, 0.3) is 0 Å². The summed E-state index contributed by atoms with van der Waals surface area (Å²) in [5.74, 6) is 0.766. The van der Waals surface area contributed by atoms with Gasteiger partial charge in [-0.15, -0.1) is 0 Å². The number of hydrogen-bond donors (Lipinski definition) is 2. The first-order valence-corrected chi connectivity index (χ1v) is 10.8. The number of benzene rings is 3. The number of sulfonamides is 1. The van der Waals surface area contributed by atoms with Crippen molar-refractivity contribution in [3.8, 4) is 5.75 Å². The van der Waals surface area contributed by atoms with Crippen molar-refractivity contribution in [3.05, 3.63) is 71.8 Å². The van der Waals surface area contributed by atoms with Crippen molar-refractivity contribution in [2.75, 3.05) is 14.2 Å². The summed E-state index contributed by atoms with van der Waals surface area (Å²) < 4.78 is 31.0. The Morgan fingerprint density at radius 1 is 0.931 bits per heavy atom. The first-order valence-electron chi connectivity index (χ1n) is 9.27. The number of amides is 1. The molecule has 1 amide bonds. The van der Waals surface area contributed by atoms with E-state index in [9.17, 15) is 13.2 Å². The van der Waals surface area contributed by atoms with Crippen molar-refractivity contribution >= 4 is 26.7 Å². The SMILES string of the molecule is CNS(=O)(=O)c1ccc(CCC(=O)NCc2ccc3cc(OC)ccc3c2)cc1. The van der Waals surface area contributed by atoms with Crippen LogP contribution in [0.4, 0.5) is 0 Å². The molecule has 0 atom stereocenters. The Balaban J connectivity index is 1.53. The van der Waals surface area contributed by atoms with Gasteiger partial charge in [-0.1, -0.05) is 30.3 Å². The van der Waals surface area contributed by atoms with Gasteiger partial charge in [0.05, 0.1) is 12.0 Å². The van der Waals surface area contributed by atoms with E-state index in [1.54, 1.807) is 31.4 Å². The van der Waals surface area contributed by atoms with E-state index >= 15 is 0 Å². The van der Waals surface area contributed by atoms with Gasteiger partial charge in [-0.25, -0.2) is 13.1 Å². The van der Waals surface area contributed by atoms with Gasteiger partial charge in [-0.2, -0.15) is 0 Å². The summed E-state index contributed by atoms with van der Waals surface area (Å²) in [6, 6.07) is 18.5. The molecule has 0 heterocycles. The average Bonchev–Trinajstić information content (AvgIpc) is 2.76. The highest BCUT2D eigenvalue weighted by atomic mass is 32.2. The van der Waals surface area contributed by atoms with Gasteiger partial charge in [0.15, 0.2) is 0 Å². The Hall–Kier alpha value is -2.90. The fourth-order valence-corrected chi connectivity index (χ4v) is 3.74. The molecule has 0 spiro atoms. The largest absolute Gasteiger partial charge is 0.497 e. The fourth-order valence-electron chi connectivity index (χ4n) is 3.01. The third-order valence-corrected chi connectivity index (χ3v) is 6.17. The minimum absolute atomic E-state index is 0.0493. The Kier molecular flexibility index (Phi) is 6.51. The molecule has 0 aromatic heterocycles. The molecule has 0 aliphatic rings. The molecular formula is C22H24N2O4S. The lowest BCUT2D eigenvalue weighted by Gasteiger charge is -2.08. The van der Waals surface area contributed by atoms with E-state index in [-0.39, 0.29) is 10.8 Å². The molecule has 7 heteroatoms. The predicted molar refractivity (Wildman–Crippen MR) is 113 cm³/mol. The summed E-state index contributed by atoms with van der Waals surface area (Å²) in [6.45, 7) is 0.458. The normalized spacial score (nSPS) is 11.4. The van der Waals surface area contributed by atoms with Crippen molar-refractivity contribution in [2.24, 2.45) is 0 Å². The van der Waals surface area contributed by atoms with E-state index in [4.69, 9.17) is 4.74 Å². The van der Waals surface area contributed by atoms with Crippen LogP contribution in [0.3, 0.4) is 0 Å². The Morgan fingerprint density at radius 3 is 2.28 bits per heavy atom. The number of methoxy groups -OCH3 is 1. The molecule has 2 N–H and O–H groups in total. The van der Waals surface area contributed by atoms with Gasteiger partial charge in [0.2, 0.25) is 15.9 Å². The van der Waals surface area contributed by atoms with Gasteiger partial charge in [-0.05, 0) is 65.7 Å². The predicted octanol–water partition coefficient (Wildman–Crippen LogP) is 3.01. The molecule has 0 aliphatic carbocycles. The molecule has 6 nitrogen and oxygen atoms in total. The van der Waals surface area contributed by atoms with Crippen LogP contribution >= 0.6 is 0 Å². The van der Waals surface area contributed by atoms with E-state index in [0.717, 1.165) is 27.6 Å². The average molecular weight is 413 g/mol. The zero-order valence-corrected chi connectivity index (χ0v) is 17.3. The number of carbonyl (C=O) groups is 1. The topological polar surface area (TPSA) is 84.5 Å². The maximum absolute atomic E-state index is 12.2. The van der Waals surface area contributed by atoms with Gasteiger partial charge in [0.1, 0.15) is 5.75 Å². The second-order valence-electron chi connectivity index (χ2n) is 6.68. The highest BCUT2D eigenvalue weighted by molar-refractivity contribution is 7.89. The van der Waals surface area contributed by atoms with Crippen LogP contribution in [-0.2, 0) is 27.8 Å². The summed E-state index contributed by atoms with van der Waals surface area (Å²) in [4.78, 5) is 12.4. The van der Waals surface area contributed by atoms with Crippen LogP contribution in [0.2, 0.25) is 0 Å². The number of aryl methyl sites for hydroxylation is 1. The number of nitrogens with one attached hydrogen (secondary N) is 2. The molecule has 3 rings (SSSR count). The number of rotatable bonds is 8. The highest BCUT2D eigenvalue weighted by Crippen LogP contribution is 2.21. The Bertz CT molecular complexity index is 1110. The lowest BCUT2D eigenvalue weighted by Crippen LogP contribution is -2.23. The minimum atomic E-state index is -3.44. The first-order chi connectivity index (χ1) is 13.9. The zero-order chi connectivity index (χ0) is 20.9. The first kappa shape index (κ1) is 20.8. The third-order valence-electron chi connectivity index (χ3n) is 4.74. The van der Waals surface area contributed by atoms with Crippen molar-refractivity contribution in [1.82, 2.24) is 10.0 Å². The molecule has 29 heavy (non-hydrogen) atoms. The molecule has 0 fully saturated rings. The van der Waals surface area contributed by atoms with Crippen LogP contribution in [0, 0.1) is 0 Å². The van der Waals surface area contributed by atoms with E-state index in [0.29, 0.717) is 19.4 Å². The molecule has 3 aromatic carbocycles. The van der Waals surface area contributed by atoms with Crippen LogP contribution in [0.1, 0.15) is 17.5 Å². The molecule has 3 aromatic rings. The molecule has 0 saturated heterocycles. The lowest BCUT2D eigenvalue weighted by molar-refractivity contribution is -0.121. The maximum atomic E-state index is 12.2. The number of fused-ring (bicyclic) bond motifs is 1. The Labute approximate surface area is 170 Å². The summed E-state index contributed by atoms with van der Waals surface area (Å²) in [7, 11) is -0.424. The number of ether oxygens (including phenoxy) is 1. The smallest absolute Gasteiger partial charge is 0.240 e. The maximum Gasteiger partial charge on any atom is 0.240 e. The van der Waals surface area contributed by atoms with Crippen LogP contribution in [0.5, 0.6) is 5.75 Å². The Morgan fingerprint density at radius 2 is 1.59 bits per heavy atom. The van der Waals surface area contributed by atoms with E-state index in [1.165, 1.54) is 7.05 Å². The van der Waals surface area contributed by atoms with Crippen molar-refractivity contribution < 1.29 is 17.9 Å². The molecule has 0 bridgehead atoms. The molecule has 0 saturated carbocycles. The van der Waals surface area contributed by atoms with Gasteiger partial charge < -0.3 is 10.1 Å². The molecule has 0 unspecified atom stereocenters. The van der Waals surface area contributed by atoms with Crippen molar-refractivity contribution in [1.29, 1.82) is 0 Å².